The maximum Gasteiger partial charge on any atom is 0.309 e. The molecule has 0 radical (unpaired) electrons. The van der Waals surface area contributed by atoms with Crippen molar-refractivity contribution in [1.29, 1.82) is 0 Å². The number of para-hydroxylation sites is 1. The normalized spacial score (nSPS) is 15.3. The van der Waals surface area contributed by atoms with E-state index < -0.39 is 0 Å². The van der Waals surface area contributed by atoms with Crippen LogP contribution >= 0.6 is 32.4 Å². The molecule has 2 nitrogen and oxygen atoms in total. The molecule has 0 unspecified atom stereocenters. The molecule has 21 heavy (non-hydrogen) atoms. The third-order valence-corrected chi connectivity index (χ3v) is 7.96. The van der Waals surface area contributed by atoms with E-state index in [1.54, 1.807) is 20.7 Å². The Balaban J connectivity index is 2.13. The van der Waals surface area contributed by atoms with Crippen molar-refractivity contribution >= 4 is 43.2 Å². The molecule has 0 amide bonds. The van der Waals surface area contributed by atoms with E-state index in [4.69, 9.17) is 0 Å². The maximum absolute atomic E-state index is 12.1. The van der Waals surface area contributed by atoms with Gasteiger partial charge in [0.1, 0.15) is 4.88 Å². The largest absolute Gasteiger partial charge is 0.375 e. The second kappa shape index (κ2) is 5.38. The fourth-order valence-electron chi connectivity index (χ4n) is 2.39. The number of nitrogens with one attached hydrogen (secondary N) is 1. The van der Waals surface area contributed by atoms with Crippen molar-refractivity contribution in [2.24, 2.45) is 5.92 Å². The lowest BCUT2D eigenvalue weighted by Crippen LogP contribution is -2.30. The smallest absolute Gasteiger partial charge is 0.309 e. The summed E-state index contributed by atoms with van der Waals surface area (Å²) < 4.78 is 1.13. The van der Waals surface area contributed by atoms with Gasteiger partial charge in [0.05, 0.1) is 11.1 Å². The van der Waals surface area contributed by atoms with Crippen molar-refractivity contribution < 1.29 is 4.79 Å². The fourth-order valence-corrected chi connectivity index (χ4v) is 6.85. The molecule has 0 saturated heterocycles. The highest BCUT2D eigenvalue weighted by atomic mass is 32.9. The van der Waals surface area contributed by atoms with Gasteiger partial charge in [-0.1, -0.05) is 32.0 Å². The van der Waals surface area contributed by atoms with Gasteiger partial charge in [0.2, 0.25) is 5.12 Å². The molecule has 0 spiro atoms. The van der Waals surface area contributed by atoms with Crippen LogP contribution in [0, 0.1) is 5.92 Å². The zero-order chi connectivity index (χ0) is 15.2. The standard InChI is InChI=1S/C16H18NOS3/c1-9(2)14(18)19-15-12-10-7-5-6-8-11(10)17-16(3,4)13(12)20-21-15/h5-9,17H,1-4H3/q+1. The lowest BCUT2D eigenvalue weighted by atomic mass is 9.90. The Labute approximate surface area is 137 Å². The van der Waals surface area contributed by atoms with E-state index >= 15 is 0 Å². The third kappa shape index (κ3) is 2.62. The highest BCUT2D eigenvalue weighted by Gasteiger charge is 2.40. The van der Waals surface area contributed by atoms with E-state index in [1.807, 2.05) is 13.8 Å². The lowest BCUT2D eigenvalue weighted by molar-refractivity contribution is -0.113. The minimum Gasteiger partial charge on any atom is -0.375 e. The molecule has 1 N–H and O–H groups in total. The van der Waals surface area contributed by atoms with Gasteiger partial charge in [-0.25, -0.2) is 0 Å². The molecule has 1 aromatic carbocycles. The molecule has 0 aliphatic carbocycles. The van der Waals surface area contributed by atoms with Crippen LogP contribution in [0.1, 0.15) is 32.6 Å². The molecule has 2 aromatic rings. The van der Waals surface area contributed by atoms with E-state index in [1.165, 1.54) is 27.8 Å². The van der Waals surface area contributed by atoms with Crippen molar-refractivity contribution in [2.45, 2.75) is 37.4 Å². The predicted octanol–water partition coefficient (Wildman–Crippen LogP) is 5.69. The summed E-state index contributed by atoms with van der Waals surface area (Å²) in [4.78, 5) is 13.5. The number of fused-ring (bicyclic) bond motifs is 3. The van der Waals surface area contributed by atoms with Crippen LogP contribution in [-0.2, 0) is 10.3 Å². The minimum atomic E-state index is -0.0927. The van der Waals surface area contributed by atoms with Gasteiger partial charge in [0.15, 0.2) is 10.3 Å². The summed E-state index contributed by atoms with van der Waals surface area (Å²) >= 11 is 1.40. The number of carbonyl (C=O) groups is 1. The van der Waals surface area contributed by atoms with Gasteiger partial charge in [-0.05, 0) is 19.9 Å². The topological polar surface area (TPSA) is 29.1 Å². The summed E-state index contributed by atoms with van der Waals surface area (Å²) in [6.45, 7) is 8.31. The number of rotatable bonds is 2. The molecule has 0 saturated carbocycles. The summed E-state index contributed by atoms with van der Waals surface area (Å²) in [5.41, 5.74) is 3.52. The van der Waals surface area contributed by atoms with Gasteiger partial charge < -0.3 is 5.32 Å². The summed E-state index contributed by atoms with van der Waals surface area (Å²) in [6, 6.07) is 8.36. The fraction of sp³-hybridized carbons (Fsp3) is 0.375. The SMILES string of the molecule is CC(C)C(=O)Sc1[s+]sc2c1-c1ccccc1NC2(C)C. The predicted molar refractivity (Wildman–Crippen MR) is 94.4 cm³/mol. The number of carbonyl (C=O) groups excluding carboxylic acids is 1. The van der Waals surface area contributed by atoms with Crippen LogP contribution in [0.4, 0.5) is 5.69 Å². The first-order valence-corrected chi connectivity index (χ1v) is 9.92. The van der Waals surface area contributed by atoms with Gasteiger partial charge in [-0.3, -0.25) is 4.79 Å². The molecule has 0 fully saturated rings. The van der Waals surface area contributed by atoms with Gasteiger partial charge in [0.25, 0.3) is 4.21 Å². The first-order valence-electron chi connectivity index (χ1n) is 6.96. The molecule has 1 aliphatic heterocycles. The number of benzene rings is 1. The van der Waals surface area contributed by atoms with Gasteiger partial charge in [-0.2, -0.15) is 0 Å². The minimum absolute atomic E-state index is 0.0581. The molecule has 0 atom stereocenters. The highest BCUT2D eigenvalue weighted by Crippen LogP contribution is 2.53. The Morgan fingerprint density at radius 2 is 2.05 bits per heavy atom. The Morgan fingerprint density at radius 1 is 1.33 bits per heavy atom. The zero-order valence-corrected chi connectivity index (χ0v) is 15.0. The Bertz CT molecular complexity index is 703. The number of anilines is 1. The molecule has 0 bridgehead atoms. The van der Waals surface area contributed by atoms with Crippen molar-refractivity contribution in [2.75, 3.05) is 5.32 Å². The van der Waals surface area contributed by atoms with Crippen molar-refractivity contribution in [3.63, 3.8) is 0 Å². The van der Waals surface area contributed by atoms with Crippen LogP contribution in [0.15, 0.2) is 28.5 Å². The first kappa shape index (κ1) is 15.0. The van der Waals surface area contributed by atoms with Crippen molar-refractivity contribution in [3.05, 3.63) is 29.1 Å². The van der Waals surface area contributed by atoms with Crippen LogP contribution in [0.3, 0.4) is 0 Å². The second-order valence-corrected chi connectivity index (χ2v) is 9.45. The summed E-state index contributed by atoms with van der Waals surface area (Å²) in [5, 5.41) is 3.84. The monoisotopic (exact) mass is 336 g/mol. The van der Waals surface area contributed by atoms with Crippen LogP contribution in [-0.4, -0.2) is 5.12 Å². The van der Waals surface area contributed by atoms with E-state index in [-0.39, 0.29) is 16.6 Å². The van der Waals surface area contributed by atoms with E-state index in [2.05, 4.69) is 43.4 Å². The molecule has 2 heterocycles. The maximum atomic E-state index is 12.1. The Kier molecular flexibility index (Phi) is 3.84. The molecular formula is C16H18NOS3+. The molecular weight excluding hydrogens is 318 g/mol. The van der Waals surface area contributed by atoms with Crippen LogP contribution in [0.25, 0.3) is 11.1 Å². The summed E-state index contributed by atoms with van der Waals surface area (Å²) in [5.74, 6) is 0.0581. The molecule has 1 aliphatic rings. The van der Waals surface area contributed by atoms with E-state index in [0.717, 1.165) is 9.90 Å². The Hall–Kier alpha value is -0.910. The molecule has 110 valence electrons. The second-order valence-electron chi connectivity index (χ2n) is 6.03. The number of thioether (sulfide) groups is 1. The first-order chi connectivity index (χ1) is 9.90. The quantitative estimate of drug-likeness (QED) is 0.434. The van der Waals surface area contributed by atoms with E-state index in [0.29, 0.717) is 0 Å². The zero-order valence-electron chi connectivity index (χ0n) is 12.5. The van der Waals surface area contributed by atoms with Crippen LogP contribution in [0.2, 0.25) is 0 Å². The highest BCUT2D eigenvalue weighted by molar-refractivity contribution is 8.16. The van der Waals surface area contributed by atoms with Gasteiger partial charge in [-0.15, -0.1) is 0 Å². The molecule has 5 heteroatoms. The third-order valence-electron chi connectivity index (χ3n) is 3.51. The Morgan fingerprint density at radius 3 is 2.76 bits per heavy atom. The van der Waals surface area contributed by atoms with Crippen molar-refractivity contribution in [1.82, 2.24) is 0 Å². The number of hydrogen-bond acceptors (Lipinski definition) is 4. The average molecular weight is 337 g/mol. The van der Waals surface area contributed by atoms with E-state index in [9.17, 15) is 4.79 Å². The summed E-state index contributed by atoms with van der Waals surface area (Å²) in [7, 11) is 3.50. The van der Waals surface area contributed by atoms with Gasteiger partial charge >= 0.3 is 10.3 Å². The van der Waals surface area contributed by atoms with Gasteiger partial charge in [0, 0.05) is 28.9 Å². The number of hydrogen-bond donors (Lipinski definition) is 1. The van der Waals surface area contributed by atoms with Crippen LogP contribution in [0.5, 0.6) is 0 Å². The van der Waals surface area contributed by atoms with Crippen LogP contribution < -0.4 is 5.32 Å². The lowest BCUT2D eigenvalue weighted by Gasteiger charge is -2.31. The molecule has 3 rings (SSSR count). The average Bonchev–Trinajstić information content (AvgIpc) is 2.83. The summed E-state index contributed by atoms with van der Waals surface area (Å²) in [6.07, 6.45) is 0. The molecule has 1 aromatic heterocycles. The van der Waals surface area contributed by atoms with Crippen molar-refractivity contribution in [3.8, 4) is 11.1 Å².